The Kier molecular flexibility index (Phi) is 6.98. The number of nitrogens with one attached hydrogen (secondary N) is 2. The van der Waals surface area contributed by atoms with Crippen molar-refractivity contribution in [3.05, 3.63) is 66.2 Å². The topological polar surface area (TPSA) is 65.9 Å². The maximum absolute atomic E-state index is 10.2. The number of ether oxygens (including phenoxy) is 1. The number of aromatic hydroxyl groups is 1. The molecule has 2 aromatic carbocycles. The van der Waals surface area contributed by atoms with Gasteiger partial charge in [0, 0.05) is 11.3 Å². The molecule has 0 aliphatic carbocycles. The van der Waals surface area contributed by atoms with Gasteiger partial charge in [-0.25, -0.2) is 0 Å². The predicted molar refractivity (Wildman–Crippen MR) is 107 cm³/mol. The molecule has 0 saturated carbocycles. The van der Waals surface area contributed by atoms with Gasteiger partial charge in [0.05, 0.1) is 12.8 Å². The van der Waals surface area contributed by atoms with Crippen LogP contribution in [0.3, 0.4) is 0 Å². The number of hydrogen-bond acceptors (Lipinski definition) is 4. The minimum absolute atomic E-state index is 0.133. The highest BCUT2D eigenvalue weighted by Crippen LogP contribution is 2.31. The molecular weight excluding hydrogens is 334 g/mol. The van der Waals surface area contributed by atoms with E-state index in [0.29, 0.717) is 23.9 Å². The fraction of sp³-hybridized carbons (Fsp3) is 0.158. The van der Waals surface area contributed by atoms with E-state index in [1.807, 2.05) is 43.3 Å². The van der Waals surface area contributed by atoms with Crippen molar-refractivity contribution < 1.29 is 9.84 Å². The maximum Gasteiger partial charge on any atom is 0.191 e. The van der Waals surface area contributed by atoms with Crippen molar-refractivity contribution in [2.45, 2.75) is 13.3 Å². The van der Waals surface area contributed by atoms with Gasteiger partial charge in [-0.15, -0.1) is 6.58 Å². The Morgan fingerprint density at radius 2 is 2.08 bits per heavy atom. The second kappa shape index (κ2) is 9.44. The number of hydrazone groups is 1. The van der Waals surface area contributed by atoms with Crippen molar-refractivity contribution in [3.63, 3.8) is 0 Å². The molecule has 0 fully saturated rings. The third kappa shape index (κ3) is 5.61. The molecule has 0 aliphatic rings. The minimum Gasteiger partial charge on any atom is -0.504 e. The van der Waals surface area contributed by atoms with E-state index in [9.17, 15) is 5.11 Å². The van der Waals surface area contributed by atoms with Crippen LogP contribution in [-0.2, 0) is 6.42 Å². The lowest BCUT2D eigenvalue weighted by Gasteiger charge is -2.11. The summed E-state index contributed by atoms with van der Waals surface area (Å²) in [5.41, 5.74) is 5.16. The molecule has 0 aromatic heterocycles. The van der Waals surface area contributed by atoms with Crippen LogP contribution in [0.2, 0.25) is 0 Å². The van der Waals surface area contributed by atoms with Gasteiger partial charge in [0.15, 0.2) is 16.6 Å². The van der Waals surface area contributed by atoms with E-state index in [2.05, 4.69) is 22.4 Å². The summed E-state index contributed by atoms with van der Waals surface area (Å²) in [6, 6.07) is 13.1. The van der Waals surface area contributed by atoms with Gasteiger partial charge in [0.1, 0.15) is 0 Å². The zero-order chi connectivity index (χ0) is 18.1. The highest BCUT2D eigenvalue weighted by Gasteiger charge is 2.09. The van der Waals surface area contributed by atoms with Crippen LogP contribution in [0.25, 0.3) is 0 Å². The molecule has 6 heteroatoms. The summed E-state index contributed by atoms with van der Waals surface area (Å²) in [5.74, 6) is 0.557. The Bertz CT molecular complexity index is 761. The monoisotopic (exact) mass is 355 g/mol. The molecular formula is C19H21N3O2S. The molecule has 3 N–H and O–H groups in total. The molecule has 0 saturated heterocycles. The maximum atomic E-state index is 10.2. The first-order valence-corrected chi connectivity index (χ1v) is 8.29. The first-order chi connectivity index (χ1) is 12.1. The van der Waals surface area contributed by atoms with Crippen LogP contribution in [0.15, 0.2) is 60.2 Å². The van der Waals surface area contributed by atoms with Crippen molar-refractivity contribution in [1.82, 2.24) is 5.43 Å². The molecule has 5 nitrogen and oxygen atoms in total. The summed E-state index contributed by atoms with van der Waals surface area (Å²) in [5, 5.41) is 17.7. The summed E-state index contributed by atoms with van der Waals surface area (Å²) < 4.78 is 5.47. The number of para-hydroxylation sites is 1. The Morgan fingerprint density at radius 1 is 1.32 bits per heavy atom. The second-order valence-electron chi connectivity index (χ2n) is 5.14. The summed E-state index contributed by atoms with van der Waals surface area (Å²) in [7, 11) is 0. The third-order valence-corrected chi connectivity index (χ3v) is 3.45. The zero-order valence-corrected chi connectivity index (χ0v) is 14.8. The van der Waals surface area contributed by atoms with E-state index in [1.165, 1.54) is 0 Å². The van der Waals surface area contributed by atoms with Crippen LogP contribution in [-0.4, -0.2) is 23.0 Å². The van der Waals surface area contributed by atoms with Gasteiger partial charge in [-0.1, -0.05) is 24.3 Å². The van der Waals surface area contributed by atoms with Crippen molar-refractivity contribution in [2.75, 3.05) is 11.9 Å². The minimum atomic E-state index is 0.133. The van der Waals surface area contributed by atoms with Crippen LogP contribution in [0, 0.1) is 0 Å². The Balaban J connectivity index is 2.06. The first-order valence-electron chi connectivity index (χ1n) is 7.88. The van der Waals surface area contributed by atoms with Crippen LogP contribution in [0.1, 0.15) is 18.1 Å². The summed E-state index contributed by atoms with van der Waals surface area (Å²) in [6.45, 7) is 6.03. The number of rotatable bonds is 7. The lowest BCUT2D eigenvalue weighted by molar-refractivity contribution is 0.317. The number of phenols is 1. The smallest absolute Gasteiger partial charge is 0.191 e. The van der Waals surface area contributed by atoms with Gasteiger partial charge in [-0.3, -0.25) is 5.43 Å². The molecule has 2 aromatic rings. The van der Waals surface area contributed by atoms with E-state index in [4.69, 9.17) is 17.0 Å². The molecule has 0 radical (unpaired) electrons. The van der Waals surface area contributed by atoms with E-state index >= 15 is 0 Å². The summed E-state index contributed by atoms with van der Waals surface area (Å²) in [4.78, 5) is 0. The summed E-state index contributed by atoms with van der Waals surface area (Å²) in [6.07, 6.45) is 3.88. The highest BCUT2D eigenvalue weighted by molar-refractivity contribution is 7.80. The lowest BCUT2D eigenvalue weighted by atomic mass is 10.1. The number of anilines is 1. The summed E-state index contributed by atoms with van der Waals surface area (Å²) >= 11 is 5.19. The molecule has 130 valence electrons. The average Bonchev–Trinajstić information content (AvgIpc) is 2.60. The third-order valence-electron chi connectivity index (χ3n) is 3.25. The second-order valence-corrected chi connectivity index (χ2v) is 5.55. The quantitative estimate of drug-likeness (QED) is 0.305. The largest absolute Gasteiger partial charge is 0.504 e. The van der Waals surface area contributed by atoms with Gasteiger partial charge >= 0.3 is 0 Å². The Morgan fingerprint density at radius 3 is 2.76 bits per heavy atom. The van der Waals surface area contributed by atoms with E-state index in [1.54, 1.807) is 18.4 Å². The standard InChI is InChI=1S/C19H21N3O2S/c1-3-8-15-11-14(12-17(18(15)23)24-4-2)13-20-22-19(25)21-16-9-6-5-7-10-16/h3,5-7,9-13,23H,1,4,8H2,2H3,(H2,21,22,25)/b20-13+. The molecule has 0 bridgehead atoms. The molecule has 0 aliphatic heterocycles. The molecule has 0 spiro atoms. The van der Waals surface area contributed by atoms with Crippen LogP contribution in [0.4, 0.5) is 5.69 Å². The molecule has 0 heterocycles. The van der Waals surface area contributed by atoms with E-state index in [0.717, 1.165) is 16.8 Å². The van der Waals surface area contributed by atoms with Crippen LogP contribution in [0.5, 0.6) is 11.5 Å². The number of hydrogen-bond donors (Lipinski definition) is 3. The van der Waals surface area contributed by atoms with E-state index in [-0.39, 0.29) is 5.75 Å². The van der Waals surface area contributed by atoms with Gasteiger partial charge < -0.3 is 15.2 Å². The molecule has 0 atom stereocenters. The molecule has 0 unspecified atom stereocenters. The van der Waals surface area contributed by atoms with Gasteiger partial charge in [0.2, 0.25) is 0 Å². The van der Waals surface area contributed by atoms with Crippen LogP contribution < -0.4 is 15.5 Å². The van der Waals surface area contributed by atoms with Gasteiger partial charge in [-0.05, 0) is 55.4 Å². The average molecular weight is 355 g/mol. The Hall–Kier alpha value is -2.86. The number of phenolic OH excluding ortho intramolecular Hbond substituents is 1. The fourth-order valence-electron chi connectivity index (χ4n) is 2.19. The first kappa shape index (κ1) is 18.5. The highest BCUT2D eigenvalue weighted by atomic mass is 32.1. The SMILES string of the molecule is C=CCc1cc(/C=N/NC(=S)Nc2ccccc2)cc(OCC)c1O. The zero-order valence-electron chi connectivity index (χ0n) is 14.0. The van der Waals surface area contributed by atoms with Crippen molar-refractivity contribution >= 4 is 29.2 Å². The lowest BCUT2D eigenvalue weighted by Crippen LogP contribution is -2.23. The van der Waals surface area contributed by atoms with Gasteiger partial charge in [-0.2, -0.15) is 5.10 Å². The Labute approximate surface area is 153 Å². The van der Waals surface area contributed by atoms with Crippen LogP contribution >= 0.6 is 12.2 Å². The van der Waals surface area contributed by atoms with Gasteiger partial charge in [0.25, 0.3) is 0 Å². The van der Waals surface area contributed by atoms with E-state index < -0.39 is 0 Å². The predicted octanol–water partition coefficient (Wildman–Crippen LogP) is 3.84. The fourth-order valence-corrected chi connectivity index (χ4v) is 2.36. The number of nitrogens with zero attached hydrogens (tertiary/aromatic N) is 1. The number of benzene rings is 2. The van der Waals surface area contributed by atoms with Crippen molar-refractivity contribution in [3.8, 4) is 11.5 Å². The van der Waals surface area contributed by atoms with Crippen molar-refractivity contribution in [2.24, 2.45) is 5.10 Å². The molecule has 0 amide bonds. The molecule has 2 rings (SSSR count). The molecule has 25 heavy (non-hydrogen) atoms. The van der Waals surface area contributed by atoms with Crippen molar-refractivity contribution in [1.29, 1.82) is 0 Å². The number of thiocarbonyl (C=S) groups is 1. The normalized spacial score (nSPS) is 10.4. The number of allylic oxidation sites excluding steroid dienone is 1.